The van der Waals surface area contributed by atoms with Crippen LogP contribution in [-0.2, 0) is 0 Å². The van der Waals surface area contributed by atoms with Crippen LogP contribution in [0.5, 0.6) is 5.75 Å². The van der Waals surface area contributed by atoms with Crippen LogP contribution >= 0.6 is 11.3 Å². The summed E-state index contributed by atoms with van der Waals surface area (Å²) in [5.41, 5.74) is 0. The number of hydrogen-bond acceptors (Lipinski definition) is 3. The molecule has 0 aliphatic heterocycles. The fourth-order valence-corrected chi connectivity index (χ4v) is 2.75. The van der Waals surface area contributed by atoms with Crippen molar-refractivity contribution < 1.29 is 4.74 Å². The van der Waals surface area contributed by atoms with Crippen LogP contribution in [-0.4, -0.2) is 13.7 Å². The maximum absolute atomic E-state index is 5.40. The molecule has 92 valence electrons. The Kier molecular flexibility index (Phi) is 5.85. The molecule has 0 amide bonds. The van der Waals surface area contributed by atoms with E-state index in [-0.39, 0.29) is 0 Å². The summed E-state index contributed by atoms with van der Waals surface area (Å²) in [7, 11) is 1.75. The predicted octanol–water partition coefficient (Wildman–Crippen LogP) is 3.84. The molecule has 0 bridgehead atoms. The molecule has 2 nitrogen and oxygen atoms in total. The summed E-state index contributed by atoms with van der Waals surface area (Å²) in [6.45, 7) is 7.80. The van der Waals surface area contributed by atoms with E-state index in [9.17, 15) is 0 Å². The zero-order chi connectivity index (χ0) is 12.0. The molecule has 0 fully saturated rings. The van der Waals surface area contributed by atoms with Gasteiger partial charge in [-0.05, 0) is 36.8 Å². The first kappa shape index (κ1) is 13.5. The van der Waals surface area contributed by atoms with Crippen LogP contribution in [0.3, 0.4) is 0 Å². The van der Waals surface area contributed by atoms with E-state index in [0.29, 0.717) is 12.0 Å². The van der Waals surface area contributed by atoms with Crippen molar-refractivity contribution in [3.05, 3.63) is 16.3 Å². The van der Waals surface area contributed by atoms with E-state index in [1.807, 2.05) is 0 Å². The number of nitrogens with one attached hydrogen (secondary N) is 1. The largest absolute Gasteiger partial charge is 0.496 e. The molecule has 0 aromatic carbocycles. The van der Waals surface area contributed by atoms with Gasteiger partial charge in [0.1, 0.15) is 5.75 Å². The van der Waals surface area contributed by atoms with Crippen molar-refractivity contribution in [2.75, 3.05) is 13.7 Å². The highest BCUT2D eigenvalue weighted by molar-refractivity contribution is 7.10. The maximum atomic E-state index is 5.40. The van der Waals surface area contributed by atoms with Gasteiger partial charge in [-0.1, -0.05) is 20.8 Å². The Morgan fingerprint density at radius 3 is 2.75 bits per heavy atom. The Morgan fingerprint density at radius 2 is 2.19 bits per heavy atom. The van der Waals surface area contributed by atoms with Crippen LogP contribution in [0.2, 0.25) is 0 Å². The van der Waals surface area contributed by atoms with E-state index < -0.39 is 0 Å². The highest BCUT2D eigenvalue weighted by Crippen LogP contribution is 2.34. The van der Waals surface area contributed by atoms with Crippen molar-refractivity contribution in [3.8, 4) is 5.75 Å². The second-order valence-electron chi connectivity index (χ2n) is 4.49. The minimum Gasteiger partial charge on any atom is -0.496 e. The van der Waals surface area contributed by atoms with Gasteiger partial charge in [0.05, 0.1) is 12.0 Å². The molecule has 0 aliphatic rings. The van der Waals surface area contributed by atoms with Crippen molar-refractivity contribution in [1.82, 2.24) is 5.32 Å². The molecule has 1 unspecified atom stereocenters. The number of rotatable bonds is 7. The number of methoxy groups -OCH3 is 1. The Balaban J connectivity index is 2.74. The first-order valence-corrected chi connectivity index (χ1v) is 6.91. The van der Waals surface area contributed by atoms with Gasteiger partial charge in [-0.2, -0.15) is 0 Å². The maximum Gasteiger partial charge on any atom is 0.134 e. The van der Waals surface area contributed by atoms with Gasteiger partial charge in [-0.15, -0.1) is 11.3 Å². The Bertz CT molecular complexity index is 296. The number of ether oxygens (including phenoxy) is 1. The number of hydrogen-bond donors (Lipinski definition) is 1. The van der Waals surface area contributed by atoms with Gasteiger partial charge in [0.25, 0.3) is 0 Å². The average Bonchev–Trinajstić information content (AvgIpc) is 2.71. The van der Waals surface area contributed by atoms with Crippen LogP contribution in [0, 0.1) is 5.92 Å². The molecular formula is C13H23NOS. The van der Waals surface area contributed by atoms with E-state index in [0.717, 1.165) is 18.7 Å². The fraction of sp³-hybridized carbons (Fsp3) is 0.692. The SMILES string of the molecule is CCCNC(CC(C)C)c1sccc1OC. The summed E-state index contributed by atoms with van der Waals surface area (Å²) < 4.78 is 5.40. The van der Waals surface area contributed by atoms with Gasteiger partial charge in [0.2, 0.25) is 0 Å². The van der Waals surface area contributed by atoms with Crippen molar-refractivity contribution in [2.24, 2.45) is 5.92 Å². The molecule has 0 spiro atoms. The lowest BCUT2D eigenvalue weighted by atomic mass is 10.0. The van der Waals surface area contributed by atoms with Crippen LogP contribution in [0.25, 0.3) is 0 Å². The van der Waals surface area contributed by atoms with Gasteiger partial charge in [-0.3, -0.25) is 0 Å². The Morgan fingerprint density at radius 1 is 1.44 bits per heavy atom. The summed E-state index contributed by atoms with van der Waals surface area (Å²) in [5.74, 6) is 1.72. The summed E-state index contributed by atoms with van der Waals surface area (Å²) in [6, 6.07) is 2.50. The third-order valence-corrected chi connectivity index (χ3v) is 3.55. The van der Waals surface area contributed by atoms with Crippen LogP contribution < -0.4 is 10.1 Å². The predicted molar refractivity (Wildman–Crippen MR) is 71.4 cm³/mol. The van der Waals surface area contributed by atoms with Gasteiger partial charge in [0, 0.05) is 6.04 Å². The molecule has 0 aliphatic carbocycles. The molecule has 1 rings (SSSR count). The summed E-state index contributed by atoms with van der Waals surface area (Å²) >= 11 is 1.79. The van der Waals surface area contributed by atoms with Crippen molar-refractivity contribution in [3.63, 3.8) is 0 Å². The van der Waals surface area contributed by atoms with Crippen LogP contribution in [0.1, 0.15) is 44.5 Å². The van der Waals surface area contributed by atoms with Crippen LogP contribution in [0.4, 0.5) is 0 Å². The second-order valence-corrected chi connectivity index (χ2v) is 5.44. The van der Waals surface area contributed by atoms with E-state index in [1.54, 1.807) is 18.4 Å². The molecule has 0 saturated heterocycles. The third-order valence-electron chi connectivity index (χ3n) is 2.54. The standard InChI is InChI=1S/C13H23NOS/c1-5-7-14-11(9-10(2)3)13-12(15-4)6-8-16-13/h6,8,10-11,14H,5,7,9H2,1-4H3. The zero-order valence-corrected chi connectivity index (χ0v) is 11.6. The van der Waals surface area contributed by atoms with Crippen molar-refractivity contribution in [2.45, 2.75) is 39.7 Å². The highest BCUT2D eigenvalue weighted by atomic mass is 32.1. The smallest absolute Gasteiger partial charge is 0.134 e. The molecule has 1 N–H and O–H groups in total. The lowest BCUT2D eigenvalue weighted by Gasteiger charge is -2.20. The minimum absolute atomic E-state index is 0.440. The molecule has 1 heterocycles. The van der Waals surface area contributed by atoms with Gasteiger partial charge < -0.3 is 10.1 Å². The molecular weight excluding hydrogens is 218 g/mol. The molecule has 0 saturated carbocycles. The van der Waals surface area contributed by atoms with E-state index >= 15 is 0 Å². The van der Waals surface area contributed by atoms with Crippen molar-refractivity contribution in [1.29, 1.82) is 0 Å². The molecule has 1 aromatic rings. The highest BCUT2D eigenvalue weighted by Gasteiger charge is 2.17. The normalized spacial score (nSPS) is 13.1. The number of thiophene rings is 1. The topological polar surface area (TPSA) is 21.3 Å². The summed E-state index contributed by atoms with van der Waals surface area (Å²) in [6.07, 6.45) is 2.33. The quantitative estimate of drug-likeness (QED) is 0.783. The summed E-state index contributed by atoms with van der Waals surface area (Å²) in [5, 5.41) is 5.71. The molecule has 16 heavy (non-hydrogen) atoms. The van der Waals surface area contributed by atoms with Gasteiger partial charge >= 0.3 is 0 Å². The van der Waals surface area contributed by atoms with E-state index in [2.05, 4.69) is 37.5 Å². The molecule has 1 aromatic heterocycles. The average molecular weight is 241 g/mol. The summed E-state index contributed by atoms with van der Waals surface area (Å²) in [4.78, 5) is 1.34. The minimum atomic E-state index is 0.440. The monoisotopic (exact) mass is 241 g/mol. The molecule has 3 heteroatoms. The fourth-order valence-electron chi connectivity index (χ4n) is 1.80. The Hall–Kier alpha value is -0.540. The lowest BCUT2D eigenvalue weighted by molar-refractivity contribution is 0.387. The van der Waals surface area contributed by atoms with Gasteiger partial charge in [-0.25, -0.2) is 0 Å². The Labute approximate surface area is 103 Å². The van der Waals surface area contributed by atoms with Crippen molar-refractivity contribution >= 4 is 11.3 Å². The zero-order valence-electron chi connectivity index (χ0n) is 10.7. The second kappa shape index (κ2) is 6.92. The van der Waals surface area contributed by atoms with E-state index in [1.165, 1.54) is 11.3 Å². The first-order chi connectivity index (χ1) is 7.69. The molecule has 0 radical (unpaired) electrons. The molecule has 1 atom stereocenters. The third kappa shape index (κ3) is 3.80. The van der Waals surface area contributed by atoms with Crippen LogP contribution in [0.15, 0.2) is 11.4 Å². The lowest BCUT2D eigenvalue weighted by Crippen LogP contribution is -2.23. The first-order valence-electron chi connectivity index (χ1n) is 6.03. The van der Waals surface area contributed by atoms with Gasteiger partial charge in [0.15, 0.2) is 0 Å². The van der Waals surface area contributed by atoms with E-state index in [4.69, 9.17) is 4.74 Å².